The van der Waals surface area contributed by atoms with Gasteiger partial charge in [-0.2, -0.15) is 0 Å². The third-order valence-corrected chi connectivity index (χ3v) is 3.69. The molecule has 4 heteroatoms. The number of rotatable bonds is 8. The Hall–Kier alpha value is -1.81. The maximum absolute atomic E-state index is 10.9. The van der Waals surface area contributed by atoms with Gasteiger partial charge in [-0.3, -0.25) is 0 Å². The molecule has 0 radical (unpaired) electrons. The van der Waals surface area contributed by atoms with Gasteiger partial charge in [0.15, 0.2) is 0 Å². The predicted octanol–water partition coefficient (Wildman–Crippen LogP) is 4.19. The Balaban J connectivity index is 1.94. The number of fused-ring (bicyclic) bond motifs is 1. The fourth-order valence-corrected chi connectivity index (χ4v) is 2.40. The summed E-state index contributed by atoms with van der Waals surface area (Å²) in [7, 11) is 0. The van der Waals surface area contributed by atoms with Crippen molar-refractivity contribution in [2.45, 2.75) is 52.1 Å². The highest BCUT2D eigenvalue weighted by Crippen LogP contribution is 2.21. The predicted molar refractivity (Wildman–Crippen MR) is 83.6 cm³/mol. The molecule has 0 aliphatic carbocycles. The molecule has 0 spiro atoms. The fraction of sp³-hybridized carbons (Fsp3) is 0.471. The first-order valence-corrected chi connectivity index (χ1v) is 7.59. The molecule has 1 aromatic heterocycles. The molecule has 1 unspecified atom stereocenters. The van der Waals surface area contributed by atoms with Gasteiger partial charge in [0.2, 0.25) is 5.76 Å². The summed E-state index contributed by atoms with van der Waals surface area (Å²) in [4.78, 5) is 10.9. The number of carboxylic acids is 1. The first kappa shape index (κ1) is 15.6. The zero-order chi connectivity index (χ0) is 15.2. The van der Waals surface area contributed by atoms with Crippen LogP contribution in [0.2, 0.25) is 0 Å². The minimum atomic E-state index is -1.03. The van der Waals surface area contributed by atoms with Crippen LogP contribution in [0.15, 0.2) is 28.7 Å². The molecule has 0 bridgehead atoms. The Morgan fingerprint density at radius 1 is 1.33 bits per heavy atom. The summed E-state index contributed by atoms with van der Waals surface area (Å²) in [5.41, 5.74) is 1.76. The Labute approximate surface area is 125 Å². The number of unbranched alkanes of at least 4 members (excludes halogenated alkanes) is 2. The lowest BCUT2D eigenvalue weighted by atomic mass is 10.1. The molecule has 0 amide bonds. The van der Waals surface area contributed by atoms with Crippen LogP contribution in [-0.4, -0.2) is 17.1 Å². The smallest absolute Gasteiger partial charge is 0.371 e. The number of furan rings is 1. The second-order valence-corrected chi connectivity index (χ2v) is 5.57. The van der Waals surface area contributed by atoms with Crippen LogP contribution in [0.3, 0.4) is 0 Å². The minimum absolute atomic E-state index is 0.0111. The number of nitrogens with one attached hydrogen (secondary N) is 1. The standard InChI is InChI=1S/C17H23NO3/c1-3-4-5-6-12(2)18-11-13-7-8-15-14(9-13)10-16(21-15)17(19)20/h7-10,12,18H,3-6,11H2,1-2H3,(H,19,20). The van der Waals surface area contributed by atoms with Crippen LogP contribution in [-0.2, 0) is 6.54 Å². The molecule has 1 aromatic carbocycles. The summed E-state index contributed by atoms with van der Waals surface area (Å²) >= 11 is 0. The highest BCUT2D eigenvalue weighted by molar-refractivity contribution is 5.91. The van der Waals surface area contributed by atoms with E-state index in [2.05, 4.69) is 19.2 Å². The highest BCUT2D eigenvalue weighted by atomic mass is 16.4. The van der Waals surface area contributed by atoms with E-state index < -0.39 is 5.97 Å². The Bertz CT molecular complexity index is 603. The van der Waals surface area contributed by atoms with Crippen LogP contribution in [0.5, 0.6) is 0 Å². The van der Waals surface area contributed by atoms with Crippen LogP contribution in [0.1, 0.15) is 55.6 Å². The van der Waals surface area contributed by atoms with E-state index in [1.165, 1.54) is 25.7 Å². The lowest BCUT2D eigenvalue weighted by molar-refractivity contribution is 0.0665. The molecule has 1 heterocycles. The van der Waals surface area contributed by atoms with E-state index in [0.717, 1.165) is 17.5 Å². The van der Waals surface area contributed by atoms with E-state index in [-0.39, 0.29) is 5.76 Å². The van der Waals surface area contributed by atoms with E-state index in [0.29, 0.717) is 11.6 Å². The topological polar surface area (TPSA) is 62.5 Å². The average molecular weight is 289 g/mol. The van der Waals surface area contributed by atoms with Gasteiger partial charge in [-0.05, 0) is 37.1 Å². The summed E-state index contributed by atoms with van der Waals surface area (Å²) in [5.74, 6) is -1.04. The molecule has 2 aromatic rings. The number of aromatic carboxylic acids is 1. The Morgan fingerprint density at radius 3 is 2.86 bits per heavy atom. The van der Waals surface area contributed by atoms with Crippen molar-refractivity contribution in [3.8, 4) is 0 Å². The van der Waals surface area contributed by atoms with Crippen molar-refractivity contribution in [1.82, 2.24) is 5.32 Å². The SMILES string of the molecule is CCCCCC(C)NCc1ccc2oc(C(=O)O)cc2c1. The van der Waals surface area contributed by atoms with Gasteiger partial charge in [0.25, 0.3) is 0 Å². The van der Waals surface area contributed by atoms with Crippen LogP contribution in [0.25, 0.3) is 11.0 Å². The van der Waals surface area contributed by atoms with Gasteiger partial charge in [0, 0.05) is 18.0 Å². The van der Waals surface area contributed by atoms with E-state index in [4.69, 9.17) is 9.52 Å². The molecular weight excluding hydrogens is 266 g/mol. The highest BCUT2D eigenvalue weighted by Gasteiger charge is 2.10. The number of hydrogen-bond donors (Lipinski definition) is 2. The van der Waals surface area contributed by atoms with Crippen LogP contribution in [0, 0.1) is 0 Å². The summed E-state index contributed by atoms with van der Waals surface area (Å²) in [6.45, 7) is 5.20. The molecular formula is C17H23NO3. The van der Waals surface area contributed by atoms with Crippen molar-refractivity contribution in [2.24, 2.45) is 0 Å². The van der Waals surface area contributed by atoms with Crippen molar-refractivity contribution in [3.05, 3.63) is 35.6 Å². The van der Waals surface area contributed by atoms with Gasteiger partial charge >= 0.3 is 5.97 Å². The quantitative estimate of drug-likeness (QED) is 0.715. The summed E-state index contributed by atoms with van der Waals surface area (Å²) < 4.78 is 5.26. The second-order valence-electron chi connectivity index (χ2n) is 5.57. The normalized spacial score (nSPS) is 12.7. The lowest BCUT2D eigenvalue weighted by Crippen LogP contribution is -2.25. The zero-order valence-electron chi connectivity index (χ0n) is 12.7. The van der Waals surface area contributed by atoms with Crippen molar-refractivity contribution < 1.29 is 14.3 Å². The molecule has 114 valence electrons. The number of benzene rings is 1. The molecule has 4 nitrogen and oxygen atoms in total. The van der Waals surface area contributed by atoms with Crippen molar-refractivity contribution in [1.29, 1.82) is 0 Å². The van der Waals surface area contributed by atoms with Crippen molar-refractivity contribution in [3.63, 3.8) is 0 Å². The monoisotopic (exact) mass is 289 g/mol. The minimum Gasteiger partial charge on any atom is -0.475 e. The van der Waals surface area contributed by atoms with Crippen molar-refractivity contribution >= 4 is 16.9 Å². The molecule has 2 N–H and O–H groups in total. The summed E-state index contributed by atoms with van der Waals surface area (Å²) in [6, 6.07) is 7.86. The third kappa shape index (κ3) is 4.33. The number of carbonyl (C=O) groups is 1. The average Bonchev–Trinajstić information content (AvgIpc) is 2.89. The molecule has 21 heavy (non-hydrogen) atoms. The number of hydrogen-bond acceptors (Lipinski definition) is 3. The summed E-state index contributed by atoms with van der Waals surface area (Å²) in [5, 5.41) is 13.3. The van der Waals surface area contributed by atoms with Gasteiger partial charge in [0.05, 0.1) is 0 Å². The molecule has 0 aliphatic rings. The number of carboxylic acid groups (broad SMARTS) is 1. The van der Waals surface area contributed by atoms with Gasteiger partial charge in [-0.1, -0.05) is 32.3 Å². The van der Waals surface area contributed by atoms with Crippen molar-refractivity contribution in [2.75, 3.05) is 0 Å². The first-order chi connectivity index (χ1) is 10.1. The maximum Gasteiger partial charge on any atom is 0.371 e. The molecule has 0 saturated heterocycles. The Morgan fingerprint density at radius 2 is 2.14 bits per heavy atom. The largest absolute Gasteiger partial charge is 0.475 e. The van der Waals surface area contributed by atoms with Gasteiger partial charge in [-0.15, -0.1) is 0 Å². The van der Waals surface area contributed by atoms with E-state index in [9.17, 15) is 4.79 Å². The van der Waals surface area contributed by atoms with Crippen LogP contribution in [0.4, 0.5) is 0 Å². The Kier molecular flexibility index (Phi) is 5.39. The van der Waals surface area contributed by atoms with E-state index in [1.54, 1.807) is 6.07 Å². The molecule has 0 aliphatic heterocycles. The zero-order valence-corrected chi connectivity index (χ0v) is 12.7. The lowest BCUT2D eigenvalue weighted by Gasteiger charge is -2.13. The summed E-state index contributed by atoms with van der Waals surface area (Å²) in [6.07, 6.45) is 4.97. The van der Waals surface area contributed by atoms with E-state index >= 15 is 0 Å². The second kappa shape index (κ2) is 7.27. The molecule has 2 rings (SSSR count). The van der Waals surface area contributed by atoms with Gasteiger partial charge in [-0.25, -0.2) is 4.79 Å². The first-order valence-electron chi connectivity index (χ1n) is 7.59. The molecule has 0 saturated carbocycles. The third-order valence-electron chi connectivity index (χ3n) is 3.69. The maximum atomic E-state index is 10.9. The van der Waals surface area contributed by atoms with E-state index in [1.807, 2.05) is 18.2 Å². The van der Waals surface area contributed by atoms with Gasteiger partial charge < -0.3 is 14.8 Å². The fourth-order valence-electron chi connectivity index (χ4n) is 2.40. The van der Waals surface area contributed by atoms with Gasteiger partial charge in [0.1, 0.15) is 5.58 Å². The molecule has 1 atom stereocenters. The van der Waals surface area contributed by atoms with Crippen LogP contribution >= 0.6 is 0 Å². The molecule has 0 fully saturated rings. The van der Waals surface area contributed by atoms with Crippen LogP contribution < -0.4 is 5.32 Å².